The minimum absolute atomic E-state index is 0.117. The highest BCUT2D eigenvalue weighted by Crippen LogP contribution is 2.53. The fourth-order valence-electron chi connectivity index (χ4n) is 2.27. The Morgan fingerprint density at radius 2 is 2.00 bits per heavy atom. The van der Waals surface area contributed by atoms with Crippen LogP contribution in [0, 0.1) is 5.41 Å². The third kappa shape index (κ3) is 1.41. The Bertz CT molecular complexity index is 524. The zero-order valence-corrected chi connectivity index (χ0v) is 9.48. The van der Waals surface area contributed by atoms with Crippen molar-refractivity contribution < 1.29 is 0 Å². The van der Waals surface area contributed by atoms with Crippen LogP contribution in [0.5, 0.6) is 0 Å². The molecule has 1 fully saturated rings. The van der Waals surface area contributed by atoms with Gasteiger partial charge in [0.05, 0.1) is 0 Å². The summed E-state index contributed by atoms with van der Waals surface area (Å²) in [5.41, 5.74) is 7.85. The van der Waals surface area contributed by atoms with Crippen LogP contribution >= 0.6 is 0 Å². The van der Waals surface area contributed by atoms with Gasteiger partial charge in [0.15, 0.2) is 0 Å². The highest BCUT2D eigenvalue weighted by Gasteiger charge is 2.44. The zero-order valence-electron chi connectivity index (χ0n) is 9.48. The van der Waals surface area contributed by atoms with E-state index in [1.54, 1.807) is 0 Å². The average Bonchev–Trinajstić information content (AvgIpc) is 3.07. The number of benzene rings is 1. The summed E-state index contributed by atoms with van der Waals surface area (Å²) in [6.45, 7) is 2.26. The van der Waals surface area contributed by atoms with Crippen molar-refractivity contribution in [2.45, 2.75) is 25.8 Å². The van der Waals surface area contributed by atoms with E-state index >= 15 is 0 Å². The number of aromatic nitrogens is 1. The number of pyridine rings is 1. The van der Waals surface area contributed by atoms with E-state index in [0.717, 1.165) is 0 Å². The third-order valence-electron chi connectivity index (χ3n) is 3.82. The fourth-order valence-corrected chi connectivity index (χ4v) is 2.27. The lowest BCUT2D eigenvalue weighted by Gasteiger charge is -2.20. The van der Waals surface area contributed by atoms with Gasteiger partial charge in [0.1, 0.15) is 0 Å². The average molecular weight is 212 g/mol. The Kier molecular flexibility index (Phi) is 2.01. The maximum absolute atomic E-state index is 6.36. The maximum atomic E-state index is 6.36. The van der Waals surface area contributed by atoms with Crippen molar-refractivity contribution in [3.05, 3.63) is 42.2 Å². The Morgan fingerprint density at radius 1 is 1.25 bits per heavy atom. The van der Waals surface area contributed by atoms with Crippen LogP contribution in [0.3, 0.4) is 0 Å². The molecule has 82 valence electrons. The standard InChI is InChI=1S/C14H16N2/c1-14(6-7-14)13(15)12-9-16-8-10-4-2-3-5-11(10)12/h2-5,8-9,13H,6-7,15H2,1H3. The Hall–Kier alpha value is -1.41. The Labute approximate surface area is 95.5 Å². The predicted octanol–water partition coefficient (Wildman–Crippen LogP) is 3.03. The molecule has 2 heteroatoms. The first kappa shape index (κ1) is 9.79. The van der Waals surface area contributed by atoms with Gasteiger partial charge in [-0.15, -0.1) is 0 Å². The molecule has 0 radical (unpaired) electrons. The molecule has 2 N–H and O–H groups in total. The van der Waals surface area contributed by atoms with Gasteiger partial charge >= 0.3 is 0 Å². The lowest BCUT2D eigenvalue weighted by molar-refractivity contribution is 0.452. The number of hydrogen-bond donors (Lipinski definition) is 1. The fraction of sp³-hybridized carbons (Fsp3) is 0.357. The molecule has 1 heterocycles. The second-order valence-electron chi connectivity index (χ2n) is 5.08. The van der Waals surface area contributed by atoms with Gasteiger partial charge in [0.25, 0.3) is 0 Å². The van der Waals surface area contributed by atoms with Crippen LogP contribution in [0.1, 0.15) is 31.4 Å². The SMILES string of the molecule is CC1(C(N)c2cncc3ccccc23)CC1. The van der Waals surface area contributed by atoms with E-state index in [1.165, 1.54) is 29.2 Å². The molecule has 1 saturated carbocycles. The van der Waals surface area contributed by atoms with Gasteiger partial charge in [-0.2, -0.15) is 0 Å². The van der Waals surface area contributed by atoms with Gasteiger partial charge in [-0.25, -0.2) is 0 Å². The molecule has 0 saturated heterocycles. The molecule has 2 aromatic rings. The van der Waals surface area contributed by atoms with Crippen LogP contribution in [-0.4, -0.2) is 4.98 Å². The summed E-state index contributed by atoms with van der Waals surface area (Å²) in [5, 5.41) is 2.43. The molecule has 2 nitrogen and oxygen atoms in total. The van der Waals surface area contributed by atoms with Crippen molar-refractivity contribution in [3.63, 3.8) is 0 Å². The molecule has 16 heavy (non-hydrogen) atoms. The first-order chi connectivity index (χ1) is 7.71. The molecule has 0 bridgehead atoms. The quantitative estimate of drug-likeness (QED) is 0.831. The molecule has 3 rings (SSSR count). The molecule has 1 aliphatic rings. The second kappa shape index (κ2) is 3.29. The number of hydrogen-bond acceptors (Lipinski definition) is 2. The highest BCUT2D eigenvalue weighted by molar-refractivity contribution is 5.85. The summed E-state index contributed by atoms with van der Waals surface area (Å²) < 4.78 is 0. The molecule has 1 atom stereocenters. The Morgan fingerprint density at radius 3 is 2.75 bits per heavy atom. The topological polar surface area (TPSA) is 38.9 Å². The molecule has 1 aromatic carbocycles. The molecule has 0 spiro atoms. The lowest BCUT2D eigenvalue weighted by atomic mass is 9.91. The van der Waals surface area contributed by atoms with Gasteiger partial charge in [-0.05, 0) is 29.2 Å². The van der Waals surface area contributed by atoms with E-state index in [9.17, 15) is 0 Å². The summed E-state index contributed by atoms with van der Waals surface area (Å²) in [4.78, 5) is 4.30. The number of nitrogens with two attached hydrogens (primary N) is 1. The monoisotopic (exact) mass is 212 g/mol. The number of fused-ring (bicyclic) bond motifs is 1. The third-order valence-corrected chi connectivity index (χ3v) is 3.82. The molecule has 1 aliphatic carbocycles. The highest BCUT2D eigenvalue weighted by atomic mass is 14.7. The first-order valence-corrected chi connectivity index (χ1v) is 5.79. The second-order valence-corrected chi connectivity index (χ2v) is 5.08. The van der Waals surface area contributed by atoms with E-state index in [-0.39, 0.29) is 6.04 Å². The van der Waals surface area contributed by atoms with Crippen LogP contribution < -0.4 is 5.73 Å². The van der Waals surface area contributed by atoms with Gasteiger partial charge in [0, 0.05) is 23.8 Å². The molecule has 1 aromatic heterocycles. The van der Waals surface area contributed by atoms with Crippen molar-refractivity contribution in [3.8, 4) is 0 Å². The summed E-state index contributed by atoms with van der Waals surface area (Å²) >= 11 is 0. The minimum Gasteiger partial charge on any atom is -0.323 e. The number of rotatable bonds is 2. The van der Waals surface area contributed by atoms with E-state index < -0.39 is 0 Å². The van der Waals surface area contributed by atoms with Crippen molar-refractivity contribution in [2.24, 2.45) is 11.1 Å². The largest absolute Gasteiger partial charge is 0.323 e. The van der Waals surface area contributed by atoms with Gasteiger partial charge in [0.2, 0.25) is 0 Å². The summed E-state index contributed by atoms with van der Waals surface area (Å²) in [6.07, 6.45) is 6.30. The summed E-state index contributed by atoms with van der Waals surface area (Å²) in [7, 11) is 0. The molecular weight excluding hydrogens is 196 g/mol. The van der Waals surface area contributed by atoms with E-state index in [2.05, 4.69) is 30.1 Å². The van der Waals surface area contributed by atoms with Crippen molar-refractivity contribution in [2.75, 3.05) is 0 Å². The predicted molar refractivity (Wildman–Crippen MR) is 66.0 cm³/mol. The van der Waals surface area contributed by atoms with E-state index in [4.69, 9.17) is 5.73 Å². The van der Waals surface area contributed by atoms with Gasteiger partial charge in [-0.3, -0.25) is 4.98 Å². The van der Waals surface area contributed by atoms with Gasteiger partial charge < -0.3 is 5.73 Å². The van der Waals surface area contributed by atoms with Crippen molar-refractivity contribution in [1.29, 1.82) is 0 Å². The van der Waals surface area contributed by atoms with Crippen LogP contribution in [0.4, 0.5) is 0 Å². The lowest BCUT2D eigenvalue weighted by Crippen LogP contribution is -2.20. The summed E-state index contributed by atoms with van der Waals surface area (Å²) in [5.74, 6) is 0. The van der Waals surface area contributed by atoms with Crippen LogP contribution in [0.15, 0.2) is 36.7 Å². The molecule has 0 aliphatic heterocycles. The maximum Gasteiger partial charge on any atom is 0.0371 e. The molecule has 0 amide bonds. The van der Waals surface area contributed by atoms with E-state index in [1.807, 2.05) is 18.5 Å². The minimum atomic E-state index is 0.117. The zero-order chi connectivity index (χ0) is 11.2. The van der Waals surface area contributed by atoms with Crippen molar-refractivity contribution in [1.82, 2.24) is 4.98 Å². The van der Waals surface area contributed by atoms with E-state index in [0.29, 0.717) is 5.41 Å². The summed E-state index contributed by atoms with van der Waals surface area (Å²) in [6, 6.07) is 8.45. The Balaban J connectivity index is 2.16. The number of nitrogens with zero attached hydrogens (tertiary/aromatic N) is 1. The molecular formula is C14H16N2. The molecule has 1 unspecified atom stereocenters. The smallest absolute Gasteiger partial charge is 0.0371 e. The normalized spacial score (nSPS) is 19.6. The van der Waals surface area contributed by atoms with Crippen molar-refractivity contribution >= 4 is 10.8 Å². The van der Waals surface area contributed by atoms with Crippen LogP contribution in [0.2, 0.25) is 0 Å². The van der Waals surface area contributed by atoms with Gasteiger partial charge in [-0.1, -0.05) is 31.2 Å². The first-order valence-electron chi connectivity index (χ1n) is 5.79. The van der Waals surface area contributed by atoms with Crippen LogP contribution in [-0.2, 0) is 0 Å². The van der Waals surface area contributed by atoms with Crippen LogP contribution in [0.25, 0.3) is 10.8 Å².